The Morgan fingerprint density at radius 2 is 1.71 bits per heavy atom. The summed E-state index contributed by atoms with van der Waals surface area (Å²) in [6.45, 7) is 0. The summed E-state index contributed by atoms with van der Waals surface area (Å²) in [6.07, 6.45) is 1.49. The number of aromatic nitrogens is 1. The zero-order valence-corrected chi connectivity index (χ0v) is 14.6. The number of ketones is 1. The lowest BCUT2D eigenvalue weighted by molar-refractivity contribution is -0.132. The molecule has 2 heterocycles. The monoisotopic (exact) mass is 374 g/mol. The summed E-state index contributed by atoms with van der Waals surface area (Å²) in [7, 11) is 0. The van der Waals surface area contributed by atoms with Crippen molar-refractivity contribution in [3.05, 3.63) is 102 Å². The predicted octanol–water partition coefficient (Wildman–Crippen LogP) is 3.85. The van der Waals surface area contributed by atoms with Crippen LogP contribution in [0.15, 0.2) is 84.6 Å². The zero-order valence-electron chi connectivity index (χ0n) is 14.6. The Morgan fingerprint density at radius 3 is 2.39 bits per heavy atom. The van der Waals surface area contributed by atoms with Gasteiger partial charge in [0.25, 0.3) is 5.78 Å². The van der Waals surface area contributed by atoms with Crippen molar-refractivity contribution in [3.8, 4) is 0 Å². The molecule has 1 saturated heterocycles. The van der Waals surface area contributed by atoms with Crippen molar-refractivity contribution >= 4 is 23.3 Å². The quantitative estimate of drug-likeness (QED) is 0.430. The number of carbonyl (C=O) groups excluding carboxylic acids is 2. The van der Waals surface area contributed by atoms with Gasteiger partial charge in [0.2, 0.25) is 0 Å². The Morgan fingerprint density at radius 1 is 0.964 bits per heavy atom. The zero-order chi connectivity index (χ0) is 19.7. The van der Waals surface area contributed by atoms with Gasteiger partial charge in [-0.15, -0.1) is 0 Å². The lowest BCUT2D eigenvalue weighted by Gasteiger charge is -2.24. The number of halogens is 1. The second kappa shape index (κ2) is 7.08. The molecule has 4 rings (SSSR count). The molecule has 5 nitrogen and oxygen atoms in total. The van der Waals surface area contributed by atoms with E-state index in [0.29, 0.717) is 11.1 Å². The Hall–Kier alpha value is -3.80. The number of Topliss-reactive ketones (excluding diaryl/α,β-unsaturated/α-hetero) is 1. The highest BCUT2D eigenvalue weighted by atomic mass is 19.1. The topological polar surface area (TPSA) is 70.5 Å². The molecule has 0 spiro atoms. The van der Waals surface area contributed by atoms with E-state index in [4.69, 9.17) is 0 Å². The van der Waals surface area contributed by atoms with Gasteiger partial charge < -0.3 is 5.11 Å². The first-order chi connectivity index (χ1) is 13.6. The summed E-state index contributed by atoms with van der Waals surface area (Å²) >= 11 is 0. The van der Waals surface area contributed by atoms with Gasteiger partial charge >= 0.3 is 5.91 Å². The first-order valence-corrected chi connectivity index (χ1v) is 8.61. The van der Waals surface area contributed by atoms with Crippen LogP contribution in [-0.4, -0.2) is 21.8 Å². The minimum absolute atomic E-state index is 0.104. The van der Waals surface area contributed by atoms with Crippen LogP contribution in [0.4, 0.5) is 10.2 Å². The molecule has 1 aliphatic rings. The number of carbonyl (C=O) groups is 2. The lowest BCUT2D eigenvalue weighted by Crippen LogP contribution is -2.30. The largest absolute Gasteiger partial charge is 0.507 e. The Kier molecular flexibility index (Phi) is 4.45. The van der Waals surface area contributed by atoms with Crippen molar-refractivity contribution in [1.82, 2.24) is 4.98 Å². The number of anilines is 1. The number of hydrogen-bond acceptors (Lipinski definition) is 4. The van der Waals surface area contributed by atoms with Crippen LogP contribution in [0.3, 0.4) is 0 Å². The van der Waals surface area contributed by atoms with E-state index in [9.17, 15) is 19.1 Å². The van der Waals surface area contributed by atoms with E-state index in [1.807, 2.05) is 0 Å². The molecule has 1 N–H and O–H groups in total. The Labute approximate surface area is 160 Å². The van der Waals surface area contributed by atoms with E-state index in [-0.39, 0.29) is 17.2 Å². The van der Waals surface area contributed by atoms with Gasteiger partial charge in [-0.2, -0.15) is 0 Å². The van der Waals surface area contributed by atoms with Crippen LogP contribution < -0.4 is 4.90 Å². The minimum atomic E-state index is -0.995. The number of aliphatic hydroxyl groups excluding tert-OH is 1. The predicted molar refractivity (Wildman–Crippen MR) is 102 cm³/mol. The van der Waals surface area contributed by atoms with Crippen molar-refractivity contribution in [2.75, 3.05) is 4.90 Å². The molecule has 1 aliphatic heterocycles. The molecule has 28 heavy (non-hydrogen) atoms. The minimum Gasteiger partial charge on any atom is -0.507 e. The normalized spacial score (nSPS) is 18.5. The molecule has 0 aliphatic carbocycles. The molecule has 0 radical (unpaired) electrons. The molecule has 1 atom stereocenters. The molecule has 1 fully saturated rings. The highest BCUT2D eigenvalue weighted by Gasteiger charge is 2.47. The standard InChI is InChI=1S/C22H15FN2O3/c23-16-10-6-9-15(13-16)19-18(20(26)14-7-2-1-3-8-14)21(27)22(28)25(19)17-11-4-5-12-24-17/h1-13,19,26H/t19-/m1/s1. The van der Waals surface area contributed by atoms with E-state index in [2.05, 4.69) is 4.98 Å². The van der Waals surface area contributed by atoms with Crippen molar-refractivity contribution in [2.24, 2.45) is 0 Å². The van der Waals surface area contributed by atoms with Gasteiger partial charge in [-0.25, -0.2) is 9.37 Å². The van der Waals surface area contributed by atoms with Crippen LogP contribution in [0, 0.1) is 5.82 Å². The second-order valence-electron chi connectivity index (χ2n) is 6.28. The molecule has 3 aromatic rings. The van der Waals surface area contributed by atoms with Crippen LogP contribution in [0.5, 0.6) is 0 Å². The van der Waals surface area contributed by atoms with Crippen LogP contribution in [0.25, 0.3) is 5.76 Å². The first-order valence-electron chi connectivity index (χ1n) is 8.61. The summed E-state index contributed by atoms with van der Waals surface area (Å²) in [6, 6.07) is 18.0. The fourth-order valence-electron chi connectivity index (χ4n) is 3.31. The molecule has 0 unspecified atom stereocenters. The smallest absolute Gasteiger partial charge is 0.301 e. The van der Waals surface area contributed by atoms with Gasteiger partial charge in [0.1, 0.15) is 17.4 Å². The number of rotatable bonds is 3. The third kappa shape index (κ3) is 2.95. The maximum absolute atomic E-state index is 13.9. The maximum atomic E-state index is 13.9. The van der Waals surface area contributed by atoms with Gasteiger partial charge in [0.05, 0.1) is 11.6 Å². The Bertz CT molecular complexity index is 1080. The van der Waals surface area contributed by atoms with Gasteiger partial charge in [-0.1, -0.05) is 48.5 Å². The van der Waals surface area contributed by atoms with E-state index in [1.54, 1.807) is 54.6 Å². The SMILES string of the molecule is O=C1C(=O)N(c2ccccn2)[C@H](c2cccc(F)c2)C1=C(O)c1ccccc1. The molecule has 0 saturated carbocycles. The number of amides is 1. The molecule has 2 aromatic carbocycles. The number of pyridine rings is 1. The van der Waals surface area contributed by atoms with Crippen molar-refractivity contribution in [1.29, 1.82) is 0 Å². The van der Waals surface area contributed by atoms with Crippen molar-refractivity contribution in [3.63, 3.8) is 0 Å². The fourth-order valence-corrected chi connectivity index (χ4v) is 3.31. The highest BCUT2D eigenvalue weighted by Crippen LogP contribution is 2.41. The van der Waals surface area contributed by atoms with Crippen LogP contribution in [0.2, 0.25) is 0 Å². The molecule has 138 valence electrons. The van der Waals surface area contributed by atoms with Crippen molar-refractivity contribution in [2.45, 2.75) is 6.04 Å². The van der Waals surface area contributed by atoms with Gasteiger partial charge in [0, 0.05) is 11.8 Å². The third-order valence-corrected chi connectivity index (χ3v) is 4.55. The van der Waals surface area contributed by atoms with Crippen LogP contribution >= 0.6 is 0 Å². The third-order valence-electron chi connectivity index (χ3n) is 4.55. The summed E-state index contributed by atoms with van der Waals surface area (Å²) in [5, 5.41) is 10.8. The van der Waals surface area contributed by atoms with E-state index >= 15 is 0 Å². The first kappa shape index (κ1) is 17.6. The summed E-state index contributed by atoms with van der Waals surface area (Å²) in [5.74, 6) is -2.26. The van der Waals surface area contributed by atoms with Gasteiger partial charge in [-0.05, 0) is 29.8 Å². The molecule has 1 aromatic heterocycles. The number of nitrogens with zero attached hydrogens (tertiary/aromatic N) is 2. The Balaban J connectivity index is 1.96. The van der Waals surface area contributed by atoms with E-state index in [1.165, 1.54) is 29.3 Å². The average Bonchev–Trinajstić information content (AvgIpc) is 3.00. The number of benzene rings is 2. The fraction of sp³-hybridized carbons (Fsp3) is 0.0455. The molecule has 0 bridgehead atoms. The molecular formula is C22H15FN2O3. The molecule has 6 heteroatoms. The van der Waals surface area contributed by atoms with E-state index < -0.39 is 23.5 Å². The van der Waals surface area contributed by atoms with Crippen molar-refractivity contribution < 1.29 is 19.1 Å². The lowest BCUT2D eigenvalue weighted by atomic mass is 9.95. The summed E-state index contributed by atoms with van der Waals surface area (Å²) in [5.41, 5.74) is 0.651. The second-order valence-corrected chi connectivity index (χ2v) is 6.28. The number of aliphatic hydroxyl groups is 1. The number of hydrogen-bond donors (Lipinski definition) is 1. The van der Waals surface area contributed by atoms with E-state index in [0.717, 1.165) is 0 Å². The van der Waals surface area contributed by atoms with Crippen LogP contribution in [-0.2, 0) is 9.59 Å². The van der Waals surface area contributed by atoms with Gasteiger partial charge in [-0.3, -0.25) is 14.5 Å². The average molecular weight is 374 g/mol. The summed E-state index contributed by atoms with van der Waals surface area (Å²) < 4.78 is 13.9. The van der Waals surface area contributed by atoms with Gasteiger partial charge in [0.15, 0.2) is 0 Å². The molecular weight excluding hydrogens is 359 g/mol. The maximum Gasteiger partial charge on any atom is 0.301 e. The molecule has 1 amide bonds. The summed E-state index contributed by atoms with van der Waals surface area (Å²) in [4.78, 5) is 31.0. The van der Waals surface area contributed by atoms with Crippen LogP contribution in [0.1, 0.15) is 17.2 Å². The highest BCUT2D eigenvalue weighted by molar-refractivity contribution is 6.51.